The first-order chi connectivity index (χ1) is 14.5. The van der Waals surface area contributed by atoms with E-state index in [2.05, 4.69) is 16.0 Å². The highest BCUT2D eigenvalue weighted by Crippen LogP contribution is 2.31. The van der Waals surface area contributed by atoms with Gasteiger partial charge in [-0.15, -0.1) is 0 Å². The predicted octanol–water partition coefficient (Wildman–Crippen LogP) is 3.62. The fourth-order valence-electron chi connectivity index (χ4n) is 3.66. The van der Waals surface area contributed by atoms with Gasteiger partial charge < -0.3 is 9.72 Å². The lowest BCUT2D eigenvalue weighted by Crippen LogP contribution is -2.28. The largest absolute Gasteiger partial charge is 0.484 e. The summed E-state index contributed by atoms with van der Waals surface area (Å²) in [6.07, 6.45) is 4.63. The number of hydrogen-bond donors (Lipinski definition) is 3. The van der Waals surface area contributed by atoms with Crippen LogP contribution in [0.5, 0.6) is 5.75 Å². The molecule has 156 valence electrons. The van der Waals surface area contributed by atoms with Crippen LogP contribution >= 0.6 is 0 Å². The molecule has 8 heteroatoms. The van der Waals surface area contributed by atoms with E-state index in [1.165, 1.54) is 17.6 Å². The summed E-state index contributed by atoms with van der Waals surface area (Å²) in [7, 11) is 0. The average Bonchev–Trinajstić information content (AvgIpc) is 3.20. The van der Waals surface area contributed by atoms with Crippen LogP contribution in [0.1, 0.15) is 17.5 Å². The maximum Gasteiger partial charge on any atom is 0.281 e. The molecule has 0 aliphatic carbocycles. The van der Waals surface area contributed by atoms with E-state index in [1.807, 2.05) is 12.3 Å². The van der Waals surface area contributed by atoms with Crippen LogP contribution in [0.15, 0.2) is 48.7 Å². The third-order valence-electron chi connectivity index (χ3n) is 5.21. The van der Waals surface area contributed by atoms with Crippen LogP contribution in [0.2, 0.25) is 0 Å². The van der Waals surface area contributed by atoms with Crippen molar-refractivity contribution in [3.63, 3.8) is 0 Å². The Bertz CT molecular complexity index is 1110. The molecule has 3 aromatic rings. The molecule has 2 aromatic carbocycles. The van der Waals surface area contributed by atoms with Crippen molar-refractivity contribution in [2.45, 2.75) is 13.0 Å². The highest BCUT2D eigenvalue weighted by Gasteiger charge is 2.18. The van der Waals surface area contributed by atoms with Crippen LogP contribution in [0, 0.1) is 11.6 Å². The van der Waals surface area contributed by atoms with Gasteiger partial charge in [-0.2, -0.15) is 0 Å². The Morgan fingerprint density at radius 3 is 2.83 bits per heavy atom. The van der Waals surface area contributed by atoms with Gasteiger partial charge in [0.25, 0.3) is 5.91 Å². The normalized spacial score (nSPS) is 14.6. The molecule has 0 saturated carbocycles. The number of carbonyl (C=O) groups is 1. The Morgan fingerprint density at radius 1 is 1.23 bits per heavy atom. The van der Waals surface area contributed by atoms with Crippen LogP contribution in [0.25, 0.3) is 16.5 Å². The lowest BCUT2D eigenvalue weighted by Gasteiger charge is -2.26. The maximum absolute atomic E-state index is 14.4. The smallest absolute Gasteiger partial charge is 0.281 e. The number of ether oxygens (including phenoxy) is 1. The summed E-state index contributed by atoms with van der Waals surface area (Å²) in [5.41, 5.74) is 4.69. The summed E-state index contributed by atoms with van der Waals surface area (Å²) in [5.74, 6) is -1.18. The number of fused-ring (bicyclic) bond motifs is 1. The second kappa shape index (κ2) is 8.64. The quantitative estimate of drug-likeness (QED) is 0.426. The van der Waals surface area contributed by atoms with E-state index in [4.69, 9.17) is 9.94 Å². The molecule has 1 amide bonds. The molecule has 0 fully saturated rings. The van der Waals surface area contributed by atoms with Gasteiger partial charge in [-0.1, -0.05) is 18.2 Å². The van der Waals surface area contributed by atoms with E-state index in [-0.39, 0.29) is 11.6 Å². The topological polar surface area (TPSA) is 77.6 Å². The van der Waals surface area contributed by atoms with E-state index >= 15 is 0 Å². The Labute approximate surface area is 171 Å². The second-order valence-corrected chi connectivity index (χ2v) is 7.16. The van der Waals surface area contributed by atoms with Crippen molar-refractivity contribution in [3.05, 3.63) is 71.4 Å². The summed E-state index contributed by atoms with van der Waals surface area (Å²) >= 11 is 0. The van der Waals surface area contributed by atoms with Crippen molar-refractivity contribution in [1.29, 1.82) is 0 Å². The molecule has 0 bridgehead atoms. The van der Waals surface area contributed by atoms with E-state index in [9.17, 15) is 13.6 Å². The minimum atomic E-state index is -0.717. The molecule has 0 radical (unpaired) electrons. The highest BCUT2D eigenvalue weighted by atomic mass is 19.1. The van der Waals surface area contributed by atoms with Gasteiger partial charge in [0, 0.05) is 53.9 Å². The molecule has 1 aliphatic rings. The van der Waals surface area contributed by atoms with Crippen LogP contribution in [0.4, 0.5) is 8.78 Å². The standard InChI is InChI=1S/C22H21F2N3O3/c23-18-2-1-3-20-22(18)17(11-25-20)14-6-8-27(9-7-14)12-15-4-5-16(10-19(15)24)30-13-21(28)26-29/h1-6,10-11,25,29H,7-9,12-13H2,(H,26,28). The minimum Gasteiger partial charge on any atom is -0.484 e. The van der Waals surface area contributed by atoms with Gasteiger partial charge in [0.1, 0.15) is 17.4 Å². The predicted molar refractivity (Wildman–Crippen MR) is 108 cm³/mol. The number of nitrogens with one attached hydrogen (secondary N) is 2. The van der Waals surface area contributed by atoms with E-state index in [0.717, 1.165) is 29.6 Å². The molecule has 4 rings (SSSR count). The fourth-order valence-corrected chi connectivity index (χ4v) is 3.66. The molecule has 6 nitrogen and oxygen atoms in total. The summed E-state index contributed by atoms with van der Waals surface area (Å²) in [5, 5.41) is 9.06. The van der Waals surface area contributed by atoms with Crippen molar-refractivity contribution in [2.75, 3.05) is 19.7 Å². The van der Waals surface area contributed by atoms with Gasteiger partial charge >= 0.3 is 0 Å². The molecule has 30 heavy (non-hydrogen) atoms. The van der Waals surface area contributed by atoms with Gasteiger partial charge in [0.15, 0.2) is 6.61 Å². The second-order valence-electron chi connectivity index (χ2n) is 7.16. The number of nitrogens with zero attached hydrogens (tertiary/aromatic N) is 1. The number of carbonyl (C=O) groups excluding carboxylic acids is 1. The molecule has 2 heterocycles. The molecular formula is C22H21F2N3O3. The van der Waals surface area contributed by atoms with Crippen molar-refractivity contribution in [3.8, 4) is 5.75 Å². The molecular weight excluding hydrogens is 392 g/mol. The zero-order chi connectivity index (χ0) is 21.1. The number of hydrogen-bond acceptors (Lipinski definition) is 4. The lowest BCUT2D eigenvalue weighted by atomic mass is 9.98. The number of hydroxylamine groups is 1. The summed E-state index contributed by atoms with van der Waals surface area (Å²) < 4.78 is 33.8. The zero-order valence-corrected chi connectivity index (χ0v) is 16.1. The highest BCUT2D eigenvalue weighted by molar-refractivity contribution is 5.93. The molecule has 0 unspecified atom stereocenters. The first-order valence-electron chi connectivity index (χ1n) is 9.56. The Balaban J connectivity index is 1.42. The fraction of sp³-hybridized carbons (Fsp3) is 0.227. The monoisotopic (exact) mass is 413 g/mol. The van der Waals surface area contributed by atoms with Gasteiger partial charge in [-0.3, -0.25) is 14.9 Å². The van der Waals surface area contributed by atoms with Crippen molar-refractivity contribution in [1.82, 2.24) is 15.4 Å². The molecule has 1 aliphatic heterocycles. The minimum absolute atomic E-state index is 0.210. The number of aromatic nitrogens is 1. The SMILES string of the molecule is O=C(COc1ccc(CN2CC=C(c3c[nH]c4cccc(F)c34)CC2)c(F)c1)NO. The van der Waals surface area contributed by atoms with Gasteiger partial charge in [0.05, 0.1) is 0 Å². The molecule has 0 atom stereocenters. The van der Waals surface area contributed by atoms with Crippen molar-refractivity contribution >= 4 is 22.4 Å². The molecule has 0 saturated heterocycles. The number of halogens is 2. The summed E-state index contributed by atoms with van der Waals surface area (Å²) in [6, 6.07) is 9.42. The van der Waals surface area contributed by atoms with Crippen LogP contribution in [-0.2, 0) is 11.3 Å². The van der Waals surface area contributed by atoms with Gasteiger partial charge in [-0.05, 0) is 30.2 Å². The first kappa shape index (κ1) is 20.1. The van der Waals surface area contributed by atoms with Crippen LogP contribution in [0.3, 0.4) is 0 Å². The van der Waals surface area contributed by atoms with E-state index in [1.54, 1.807) is 18.2 Å². The van der Waals surface area contributed by atoms with Gasteiger partial charge in [-0.25, -0.2) is 14.3 Å². The van der Waals surface area contributed by atoms with Crippen molar-refractivity contribution < 1.29 is 23.5 Å². The number of benzene rings is 2. The third-order valence-corrected chi connectivity index (χ3v) is 5.21. The average molecular weight is 413 g/mol. The zero-order valence-electron chi connectivity index (χ0n) is 16.1. The molecule has 0 spiro atoms. The third kappa shape index (κ3) is 4.19. The first-order valence-corrected chi connectivity index (χ1v) is 9.56. The Morgan fingerprint density at radius 2 is 2.10 bits per heavy atom. The summed E-state index contributed by atoms with van der Waals surface area (Å²) in [6.45, 7) is 1.38. The lowest BCUT2D eigenvalue weighted by molar-refractivity contribution is -0.131. The number of rotatable bonds is 6. The Kier molecular flexibility index (Phi) is 5.78. The van der Waals surface area contributed by atoms with Crippen LogP contribution in [-0.4, -0.2) is 40.7 Å². The molecule has 1 aromatic heterocycles. The molecule has 3 N–H and O–H groups in total. The van der Waals surface area contributed by atoms with Gasteiger partial charge in [0.2, 0.25) is 0 Å². The number of H-pyrrole nitrogens is 1. The maximum atomic E-state index is 14.4. The van der Waals surface area contributed by atoms with Crippen LogP contribution < -0.4 is 10.2 Å². The van der Waals surface area contributed by atoms with Crippen molar-refractivity contribution in [2.24, 2.45) is 0 Å². The Hall–Kier alpha value is -3.23. The number of aromatic amines is 1. The summed E-state index contributed by atoms with van der Waals surface area (Å²) in [4.78, 5) is 16.2. The van der Waals surface area contributed by atoms with E-state index in [0.29, 0.717) is 24.0 Å². The van der Waals surface area contributed by atoms with E-state index < -0.39 is 18.3 Å². The number of amides is 1.